The first-order valence-corrected chi connectivity index (χ1v) is 6.40. The van der Waals surface area contributed by atoms with E-state index in [1.165, 1.54) is 6.07 Å². The third-order valence-corrected chi connectivity index (χ3v) is 3.31. The van der Waals surface area contributed by atoms with E-state index in [4.69, 9.17) is 11.6 Å². The summed E-state index contributed by atoms with van der Waals surface area (Å²) in [5.41, 5.74) is 2.82. The van der Waals surface area contributed by atoms with Crippen LogP contribution in [0.15, 0.2) is 42.5 Å². The van der Waals surface area contributed by atoms with Crippen LogP contribution in [0.5, 0.6) is 0 Å². The van der Waals surface area contributed by atoms with Crippen LogP contribution in [0.2, 0.25) is 5.02 Å². The third-order valence-electron chi connectivity index (χ3n) is 2.89. The molecule has 1 N–H and O–H groups in total. The van der Waals surface area contributed by atoms with Crippen molar-refractivity contribution in [3.63, 3.8) is 0 Å². The number of nitrogens with one attached hydrogen (secondary N) is 1. The Labute approximate surface area is 117 Å². The highest BCUT2D eigenvalue weighted by Gasteiger charge is 2.07. The van der Waals surface area contributed by atoms with Crippen LogP contribution in [0, 0.1) is 5.82 Å². The van der Waals surface area contributed by atoms with Gasteiger partial charge in [-0.25, -0.2) is 4.39 Å². The summed E-state index contributed by atoms with van der Waals surface area (Å²) in [6.45, 7) is 0.488. The first-order chi connectivity index (χ1) is 9.09. The zero-order valence-corrected chi connectivity index (χ0v) is 11.7. The second-order valence-electron chi connectivity index (χ2n) is 4.48. The van der Waals surface area contributed by atoms with E-state index < -0.39 is 0 Å². The number of halogens is 2. The molecule has 0 radical (unpaired) electrons. The van der Waals surface area contributed by atoms with E-state index in [0.717, 1.165) is 16.9 Å². The molecular weight excluding hydrogens is 263 g/mol. The molecule has 4 heteroatoms. The van der Waals surface area contributed by atoms with Gasteiger partial charge in [0.15, 0.2) is 0 Å². The maximum Gasteiger partial charge on any atom is 0.142 e. The van der Waals surface area contributed by atoms with Crippen molar-refractivity contribution in [1.29, 1.82) is 0 Å². The van der Waals surface area contributed by atoms with Crippen molar-refractivity contribution in [1.82, 2.24) is 0 Å². The molecule has 0 spiro atoms. The van der Waals surface area contributed by atoms with Crippen molar-refractivity contribution in [3.8, 4) is 0 Å². The summed E-state index contributed by atoms with van der Waals surface area (Å²) in [4.78, 5) is 2.02. The van der Waals surface area contributed by atoms with Gasteiger partial charge in [-0.15, -0.1) is 0 Å². The van der Waals surface area contributed by atoms with Gasteiger partial charge in [-0.2, -0.15) is 0 Å². The number of anilines is 2. The normalized spacial score (nSPS) is 10.3. The molecule has 0 atom stereocenters. The van der Waals surface area contributed by atoms with Gasteiger partial charge in [-0.05, 0) is 23.8 Å². The SMILES string of the molecule is CN(C)c1ccccc1NCc1cccc(F)c1Cl. The van der Waals surface area contributed by atoms with E-state index in [2.05, 4.69) is 5.32 Å². The van der Waals surface area contributed by atoms with Gasteiger partial charge in [-0.3, -0.25) is 0 Å². The smallest absolute Gasteiger partial charge is 0.142 e. The summed E-state index contributed by atoms with van der Waals surface area (Å²) in [7, 11) is 3.96. The Balaban J connectivity index is 2.17. The van der Waals surface area contributed by atoms with Crippen LogP contribution < -0.4 is 10.2 Å². The zero-order chi connectivity index (χ0) is 13.8. The number of rotatable bonds is 4. The molecule has 2 rings (SSSR count). The molecule has 100 valence electrons. The summed E-state index contributed by atoms with van der Waals surface area (Å²) >= 11 is 5.94. The average molecular weight is 279 g/mol. The summed E-state index contributed by atoms with van der Waals surface area (Å²) < 4.78 is 13.3. The van der Waals surface area contributed by atoms with E-state index in [1.807, 2.05) is 49.3 Å². The zero-order valence-electron chi connectivity index (χ0n) is 11.0. The lowest BCUT2D eigenvalue weighted by Gasteiger charge is -2.18. The van der Waals surface area contributed by atoms with Gasteiger partial charge < -0.3 is 10.2 Å². The Kier molecular flexibility index (Phi) is 4.27. The first kappa shape index (κ1) is 13.7. The van der Waals surface area contributed by atoms with Gasteiger partial charge in [0.1, 0.15) is 5.82 Å². The van der Waals surface area contributed by atoms with Gasteiger partial charge in [0, 0.05) is 20.6 Å². The lowest BCUT2D eigenvalue weighted by Crippen LogP contribution is -2.12. The molecule has 0 unspecified atom stereocenters. The van der Waals surface area contributed by atoms with E-state index in [9.17, 15) is 4.39 Å². The lowest BCUT2D eigenvalue weighted by molar-refractivity contribution is 0.626. The van der Waals surface area contributed by atoms with Crippen molar-refractivity contribution in [2.45, 2.75) is 6.54 Å². The molecule has 2 nitrogen and oxygen atoms in total. The van der Waals surface area contributed by atoms with Gasteiger partial charge in [0.25, 0.3) is 0 Å². The third kappa shape index (κ3) is 3.18. The molecular formula is C15H16ClFN2. The highest BCUT2D eigenvalue weighted by Crippen LogP contribution is 2.26. The number of hydrogen-bond acceptors (Lipinski definition) is 2. The number of para-hydroxylation sites is 2. The van der Waals surface area contributed by atoms with E-state index >= 15 is 0 Å². The Hall–Kier alpha value is -1.74. The predicted octanol–water partition coefficient (Wildman–Crippen LogP) is 4.16. The molecule has 0 fully saturated rings. The first-order valence-electron chi connectivity index (χ1n) is 6.02. The predicted molar refractivity (Wildman–Crippen MR) is 79.5 cm³/mol. The maximum absolute atomic E-state index is 13.3. The van der Waals surface area contributed by atoms with E-state index in [1.54, 1.807) is 6.07 Å². The largest absolute Gasteiger partial charge is 0.379 e. The molecule has 0 aromatic heterocycles. The van der Waals surface area contributed by atoms with Crippen molar-refractivity contribution in [2.75, 3.05) is 24.3 Å². The summed E-state index contributed by atoms with van der Waals surface area (Å²) in [5, 5.41) is 3.46. The molecule has 0 amide bonds. The Morgan fingerprint density at radius 1 is 1.11 bits per heavy atom. The van der Waals surface area contributed by atoms with E-state index in [0.29, 0.717) is 6.54 Å². The molecule has 2 aromatic rings. The van der Waals surface area contributed by atoms with Crippen molar-refractivity contribution >= 4 is 23.0 Å². The minimum atomic E-state index is -0.387. The number of benzene rings is 2. The molecule has 0 aliphatic carbocycles. The summed E-state index contributed by atoms with van der Waals surface area (Å²) in [6.07, 6.45) is 0. The fourth-order valence-corrected chi connectivity index (χ4v) is 2.08. The topological polar surface area (TPSA) is 15.3 Å². The fraction of sp³-hybridized carbons (Fsp3) is 0.200. The molecule has 0 bridgehead atoms. The van der Waals surface area contributed by atoms with Crippen LogP contribution in [0.25, 0.3) is 0 Å². The molecule has 0 saturated heterocycles. The molecule has 0 aliphatic heterocycles. The lowest BCUT2D eigenvalue weighted by atomic mass is 10.2. The molecule has 0 heterocycles. The molecule has 19 heavy (non-hydrogen) atoms. The van der Waals surface area contributed by atoms with Crippen LogP contribution in [0.1, 0.15) is 5.56 Å². The molecule has 0 saturated carbocycles. The Morgan fingerprint density at radius 2 is 1.84 bits per heavy atom. The van der Waals surface area contributed by atoms with Gasteiger partial charge in [0.2, 0.25) is 0 Å². The minimum absolute atomic E-state index is 0.178. The number of hydrogen-bond donors (Lipinski definition) is 1. The van der Waals surface area contributed by atoms with E-state index in [-0.39, 0.29) is 10.8 Å². The Bertz CT molecular complexity index is 570. The van der Waals surface area contributed by atoms with Crippen LogP contribution in [0.3, 0.4) is 0 Å². The average Bonchev–Trinajstić information content (AvgIpc) is 2.40. The maximum atomic E-state index is 13.3. The van der Waals surface area contributed by atoms with Gasteiger partial charge in [-0.1, -0.05) is 35.9 Å². The standard InChI is InChI=1S/C15H16ClFN2/c1-19(2)14-9-4-3-8-13(14)18-10-11-6-5-7-12(17)15(11)16/h3-9,18H,10H2,1-2H3. The second-order valence-corrected chi connectivity index (χ2v) is 4.86. The fourth-order valence-electron chi connectivity index (χ4n) is 1.89. The van der Waals surface area contributed by atoms with Crippen LogP contribution in [0.4, 0.5) is 15.8 Å². The van der Waals surface area contributed by atoms with Crippen molar-refractivity contribution in [2.24, 2.45) is 0 Å². The summed E-state index contributed by atoms with van der Waals surface area (Å²) in [5.74, 6) is -0.387. The number of nitrogens with zero attached hydrogens (tertiary/aromatic N) is 1. The van der Waals surface area contributed by atoms with Gasteiger partial charge >= 0.3 is 0 Å². The molecule has 2 aromatic carbocycles. The minimum Gasteiger partial charge on any atom is -0.379 e. The van der Waals surface area contributed by atoms with Crippen LogP contribution in [-0.2, 0) is 6.54 Å². The van der Waals surface area contributed by atoms with Crippen molar-refractivity contribution < 1.29 is 4.39 Å². The van der Waals surface area contributed by atoms with Gasteiger partial charge in [0.05, 0.1) is 16.4 Å². The molecule has 0 aliphatic rings. The quantitative estimate of drug-likeness (QED) is 0.903. The highest BCUT2D eigenvalue weighted by molar-refractivity contribution is 6.31. The Morgan fingerprint density at radius 3 is 2.58 bits per heavy atom. The van der Waals surface area contributed by atoms with Crippen LogP contribution in [-0.4, -0.2) is 14.1 Å². The monoisotopic (exact) mass is 278 g/mol. The highest BCUT2D eigenvalue weighted by atomic mass is 35.5. The summed E-state index contributed by atoms with van der Waals surface area (Å²) in [6, 6.07) is 12.8. The van der Waals surface area contributed by atoms with Crippen molar-refractivity contribution in [3.05, 3.63) is 58.9 Å². The second kappa shape index (κ2) is 5.93. The van der Waals surface area contributed by atoms with Crippen LogP contribution >= 0.6 is 11.6 Å².